The molecule has 0 aliphatic carbocycles. The van der Waals surface area contributed by atoms with Gasteiger partial charge in [-0.1, -0.05) is 0 Å². The molecule has 0 aliphatic heterocycles. The highest BCUT2D eigenvalue weighted by atomic mass is 127. The normalized spacial score (nSPS) is 10.1. The van der Waals surface area contributed by atoms with E-state index in [0.717, 1.165) is 2.88 Å². The Balaban J connectivity index is 2.10. The van der Waals surface area contributed by atoms with E-state index < -0.39 is 0 Å². The van der Waals surface area contributed by atoms with Crippen molar-refractivity contribution < 1.29 is 4.79 Å². The van der Waals surface area contributed by atoms with Crippen LogP contribution < -0.4 is 5.32 Å². The van der Waals surface area contributed by atoms with E-state index in [-0.39, 0.29) is 5.91 Å². The standard InChI is InChI=1S/C8H6IN3OS/c9-6-3-5(4-14-6)7(13)12-8-10-1-2-11-8/h1-4H,(H2,10,11,12,13). The quantitative estimate of drug-likeness (QED) is 0.835. The molecule has 0 saturated heterocycles. The number of nitrogens with one attached hydrogen (secondary N) is 2. The predicted octanol–water partition coefficient (Wildman–Crippen LogP) is 2.33. The van der Waals surface area contributed by atoms with Gasteiger partial charge in [0.15, 0.2) is 0 Å². The smallest absolute Gasteiger partial charge is 0.258 e. The number of anilines is 1. The number of rotatable bonds is 2. The molecule has 6 heteroatoms. The SMILES string of the molecule is O=C(Nc1ncc[nH]1)c1csc(I)c1. The van der Waals surface area contributed by atoms with Crippen LogP contribution in [0.15, 0.2) is 23.8 Å². The second-order valence-corrected chi connectivity index (χ2v) is 5.34. The minimum Gasteiger partial charge on any atom is -0.331 e. The maximum atomic E-state index is 11.6. The molecular formula is C8H6IN3OS. The second kappa shape index (κ2) is 4.09. The summed E-state index contributed by atoms with van der Waals surface area (Å²) in [4.78, 5) is 18.3. The Kier molecular flexibility index (Phi) is 2.82. The van der Waals surface area contributed by atoms with Crippen molar-refractivity contribution >= 4 is 45.8 Å². The zero-order valence-electron chi connectivity index (χ0n) is 6.95. The number of hydrogen-bond donors (Lipinski definition) is 2. The number of nitrogens with zero attached hydrogens (tertiary/aromatic N) is 1. The molecule has 1 amide bonds. The van der Waals surface area contributed by atoms with Crippen molar-refractivity contribution in [2.45, 2.75) is 0 Å². The molecule has 0 fully saturated rings. The third-order valence-corrected chi connectivity index (χ3v) is 3.35. The summed E-state index contributed by atoms with van der Waals surface area (Å²) in [5.74, 6) is 0.329. The molecule has 0 spiro atoms. The number of carbonyl (C=O) groups excluding carboxylic acids is 1. The summed E-state index contributed by atoms with van der Waals surface area (Å²) < 4.78 is 1.09. The van der Waals surface area contributed by atoms with Crippen molar-refractivity contribution in [3.63, 3.8) is 0 Å². The first-order valence-corrected chi connectivity index (χ1v) is 5.76. The molecule has 0 bridgehead atoms. The van der Waals surface area contributed by atoms with Gasteiger partial charge in [0.05, 0.1) is 8.45 Å². The molecule has 2 aromatic heterocycles. The van der Waals surface area contributed by atoms with E-state index in [1.54, 1.807) is 23.7 Å². The van der Waals surface area contributed by atoms with Gasteiger partial charge in [0.25, 0.3) is 5.91 Å². The molecule has 0 radical (unpaired) electrons. The second-order valence-electron chi connectivity index (χ2n) is 2.53. The lowest BCUT2D eigenvalue weighted by atomic mass is 10.3. The van der Waals surface area contributed by atoms with E-state index in [4.69, 9.17) is 0 Å². The number of halogens is 1. The summed E-state index contributed by atoms with van der Waals surface area (Å²) in [5, 5.41) is 4.47. The van der Waals surface area contributed by atoms with Crippen LogP contribution in [0, 0.1) is 2.88 Å². The van der Waals surface area contributed by atoms with Gasteiger partial charge in [-0.25, -0.2) is 4.98 Å². The number of H-pyrrole nitrogens is 1. The third kappa shape index (κ3) is 2.13. The van der Waals surface area contributed by atoms with Crippen LogP contribution in [0.5, 0.6) is 0 Å². The van der Waals surface area contributed by atoms with Crippen molar-refractivity contribution in [3.8, 4) is 0 Å². The highest BCUT2D eigenvalue weighted by molar-refractivity contribution is 14.1. The average molecular weight is 319 g/mol. The highest BCUT2D eigenvalue weighted by Gasteiger charge is 2.08. The minimum absolute atomic E-state index is 0.140. The number of carbonyl (C=O) groups is 1. The third-order valence-electron chi connectivity index (χ3n) is 1.56. The van der Waals surface area contributed by atoms with E-state index in [9.17, 15) is 4.79 Å². The number of amides is 1. The van der Waals surface area contributed by atoms with Gasteiger partial charge in [0, 0.05) is 17.8 Å². The summed E-state index contributed by atoms with van der Waals surface area (Å²) >= 11 is 3.72. The van der Waals surface area contributed by atoms with Crippen molar-refractivity contribution in [1.82, 2.24) is 9.97 Å². The maximum Gasteiger partial charge on any atom is 0.258 e. The molecule has 14 heavy (non-hydrogen) atoms. The van der Waals surface area contributed by atoms with Gasteiger partial charge in [-0.05, 0) is 28.7 Å². The van der Waals surface area contributed by atoms with E-state index >= 15 is 0 Å². The fraction of sp³-hybridized carbons (Fsp3) is 0. The number of hydrogen-bond acceptors (Lipinski definition) is 3. The van der Waals surface area contributed by atoms with Crippen LogP contribution in [0.25, 0.3) is 0 Å². The highest BCUT2D eigenvalue weighted by Crippen LogP contribution is 2.17. The van der Waals surface area contributed by atoms with E-state index in [0.29, 0.717) is 11.5 Å². The minimum atomic E-state index is -0.140. The summed E-state index contributed by atoms with van der Waals surface area (Å²) in [6.07, 6.45) is 3.25. The fourth-order valence-electron chi connectivity index (χ4n) is 0.942. The zero-order chi connectivity index (χ0) is 9.97. The lowest BCUT2D eigenvalue weighted by Gasteiger charge is -1.97. The molecule has 4 nitrogen and oxygen atoms in total. The number of aromatic amines is 1. The fourth-order valence-corrected chi connectivity index (χ4v) is 2.27. The van der Waals surface area contributed by atoms with Crippen LogP contribution in [0.3, 0.4) is 0 Å². The Morgan fingerprint density at radius 1 is 1.64 bits per heavy atom. The Morgan fingerprint density at radius 2 is 2.50 bits per heavy atom. The Labute approximate surface area is 97.9 Å². The molecule has 2 N–H and O–H groups in total. The summed E-state index contributed by atoms with van der Waals surface area (Å²) in [6.45, 7) is 0. The molecule has 0 unspecified atom stereocenters. The summed E-state index contributed by atoms with van der Waals surface area (Å²) in [7, 11) is 0. The predicted molar refractivity (Wildman–Crippen MR) is 63.6 cm³/mol. The number of aromatic nitrogens is 2. The average Bonchev–Trinajstić information content (AvgIpc) is 2.75. The van der Waals surface area contributed by atoms with Crippen molar-refractivity contribution in [2.24, 2.45) is 0 Å². The first-order chi connectivity index (χ1) is 6.75. The zero-order valence-corrected chi connectivity index (χ0v) is 9.93. The Bertz CT molecular complexity index is 437. The first kappa shape index (κ1) is 9.66. The summed E-state index contributed by atoms with van der Waals surface area (Å²) in [5.41, 5.74) is 0.663. The molecule has 0 aliphatic rings. The van der Waals surface area contributed by atoms with Gasteiger partial charge >= 0.3 is 0 Å². The van der Waals surface area contributed by atoms with Crippen LogP contribution in [0.2, 0.25) is 0 Å². The number of thiophene rings is 1. The Morgan fingerprint density at radius 3 is 3.07 bits per heavy atom. The van der Waals surface area contributed by atoms with Crippen molar-refractivity contribution in [1.29, 1.82) is 0 Å². The molecule has 0 saturated carbocycles. The molecule has 2 heterocycles. The van der Waals surface area contributed by atoms with Gasteiger partial charge in [-0.3, -0.25) is 10.1 Å². The molecule has 2 rings (SSSR count). The van der Waals surface area contributed by atoms with Gasteiger partial charge in [0.1, 0.15) is 0 Å². The van der Waals surface area contributed by atoms with Gasteiger partial charge in [-0.2, -0.15) is 0 Å². The van der Waals surface area contributed by atoms with Gasteiger partial charge in [0.2, 0.25) is 5.95 Å². The topological polar surface area (TPSA) is 57.8 Å². The van der Waals surface area contributed by atoms with Gasteiger partial charge in [-0.15, -0.1) is 11.3 Å². The van der Waals surface area contributed by atoms with Gasteiger partial charge < -0.3 is 4.98 Å². The maximum absolute atomic E-state index is 11.6. The monoisotopic (exact) mass is 319 g/mol. The molecule has 0 aromatic carbocycles. The number of imidazole rings is 1. The van der Waals surface area contributed by atoms with Crippen molar-refractivity contribution in [2.75, 3.05) is 5.32 Å². The lowest BCUT2D eigenvalue weighted by Crippen LogP contribution is -2.11. The Hall–Kier alpha value is -0.890. The van der Waals surface area contributed by atoms with E-state index in [1.807, 2.05) is 11.4 Å². The lowest BCUT2D eigenvalue weighted by molar-refractivity contribution is 0.102. The van der Waals surface area contributed by atoms with Crippen LogP contribution in [0.4, 0.5) is 5.95 Å². The first-order valence-electron chi connectivity index (χ1n) is 3.80. The van der Waals surface area contributed by atoms with Crippen LogP contribution in [-0.4, -0.2) is 15.9 Å². The van der Waals surface area contributed by atoms with E-state index in [2.05, 4.69) is 37.9 Å². The molecule has 72 valence electrons. The van der Waals surface area contributed by atoms with Crippen LogP contribution in [-0.2, 0) is 0 Å². The molecular weight excluding hydrogens is 313 g/mol. The molecule has 2 aromatic rings. The van der Waals surface area contributed by atoms with Crippen LogP contribution >= 0.6 is 33.9 Å². The van der Waals surface area contributed by atoms with Crippen molar-refractivity contribution in [3.05, 3.63) is 32.3 Å². The summed E-state index contributed by atoms with van der Waals surface area (Å²) in [6, 6.07) is 1.84. The van der Waals surface area contributed by atoms with E-state index in [1.165, 1.54) is 0 Å². The van der Waals surface area contributed by atoms with Crippen LogP contribution in [0.1, 0.15) is 10.4 Å². The molecule has 0 atom stereocenters. The largest absolute Gasteiger partial charge is 0.331 e.